The van der Waals surface area contributed by atoms with Crippen LogP contribution in [0.4, 0.5) is 0 Å². The lowest BCUT2D eigenvalue weighted by atomic mass is 9.99. The maximum absolute atomic E-state index is 13.1. The summed E-state index contributed by atoms with van der Waals surface area (Å²) in [6.07, 6.45) is 7.12. The molecule has 0 saturated carbocycles. The molecule has 0 aliphatic carbocycles. The maximum Gasteiger partial charge on any atom is 0.290 e. The van der Waals surface area contributed by atoms with Crippen LogP contribution in [0, 0.1) is 5.92 Å². The number of rotatable bonds is 2. The van der Waals surface area contributed by atoms with Gasteiger partial charge in [0.1, 0.15) is 0 Å². The molecule has 2 aliphatic rings. The van der Waals surface area contributed by atoms with Crippen molar-refractivity contribution in [3.05, 3.63) is 35.9 Å². The second-order valence-electron chi connectivity index (χ2n) is 7.57. The fourth-order valence-electron chi connectivity index (χ4n) is 3.95. The van der Waals surface area contributed by atoms with Gasteiger partial charge in [0.25, 0.3) is 11.8 Å². The number of imidazole rings is 1. The minimum absolute atomic E-state index is 0.0558. The molecule has 138 valence electrons. The van der Waals surface area contributed by atoms with Gasteiger partial charge in [-0.3, -0.25) is 14.0 Å². The first-order valence-electron chi connectivity index (χ1n) is 9.71. The molecule has 0 unspecified atom stereocenters. The highest BCUT2D eigenvalue weighted by Gasteiger charge is 2.29. The summed E-state index contributed by atoms with van der Waals surface area (Å²) in [4.78, 5) is 34.3. The molecule has 6 nitrogen and oxygen atoms in total. The van der Waals surface area contributed by atoms with Gasteiger partial charge < -0.3 is 9.80 Å². The second kappa shape index (κ2) is 7.09. The number of carbonyl (C=O) groups excluding carboxylic acids is 2. The average molecular weight is 354 g/mol. The van der Waals surface area contributed by atoms with E-state index in [0.717, 1.165) is 57.4 Å². The Morgan fingerprint density at radius 2 is 1.65 bits per heavy atom. The van der Waals surface area contributed by atoms with Crippen LogP contribution in [0.25, 0.3) is 5.52 Å². The minimum atomic E-state index is -0.0733. The molecule has 6 heteroatoms. The Morgan fingerprint density at radius 1 is 0.962 bits per heavy atom. The maximum atomic E-state index is 13.1. The van der Waals surface area contributed by atoms with Gasteiger partial charge in [-0.25, -0.2) is 4.98 Å². The molecule has 0 N–H and O–H groups in total. The number of hydrogen-bond donors (Lipinski definition) is 0. The molecule has 0 aromatic carbocycles. The van der Waals surface area contributed by atoms with Crippen molar-refractivity contribution >= 4 is 17.3 Å². The van der Waals surface area contributed by atoms with Crippen LogP contribution in [0.2, 0.25) is 0 Å². The predicted molar refractivity (Wildman–Crippen MR) is 99.2 cm³/mol. The first kappa shape index (κ1) is 17.1. The predicted octanol–water partition coefficient (Wildman–Crippen LogP) is 2.83. The number of carbonyl (C=O) groups is 2. The lowest BCUT2D eigenvalue weighted by Gasteiger charge is -2.29. The second-order valence-corrected chi connectivity index (χ2v) is 7.57. The number of pyridine rings is 1. The molecule has 0 bridgehead atoms. The first-order valence-corrected chi connectivity index (χ1v) is 9.71. The topological polar surface area (TPSA) is 57.9 Å². The molecule has 4 heterocycles. The monoisotopic (exact) mass is 354 g/mol. The molecule has 2 aromatic rings. The van der Waals surface area contributed by atoms with Gasteiger partial charge in [0.05, 0.1) is 5.52 Å². The highest BCUT2D eigenvalue weighted by molar-refractivity contribution is 6.02. The van der Waals surface area contributed by atoms with Crippen LogP contribution in [0.3, 0.4) is 0 Å². The number of likely N-dealkylation sites (tertiary alicyclic amines) is 2. The lowest BCUT2D eigenvalue weighted by Crippen LogP contribution is -2.39. The van der Waals surface area contributed by atoms with Crippen LogP contribution in [-0.2, 0) is 0 Å². The third kappa shape index (κ3) is 3.08. The minimum Gasteiger partial charge on any atom is -0.337 e. The molecule has 2 fully saturated rings. The Hall–Kier alpha value is -2.37. The molecular weight excluding hydrogens is 328 g/mol. The van der Waals surface area contributed by atoms with Crippen molar-refractivity contribution < 1.29 is 9.59 Å². The number of amides is 2. The number of fused-ring (bicyclic) bond motifs is 1. The van der Waals surface area contributed by atoms with Gasteiger partial charge in [-0.15, -0.1) is 0 Å². The highest BCUT2D eigenvalue weighted by Crippen LogP contribution is 2.21. The van der Waals surface area contributed by atoms with Crippen LogP contribution in [0.15, 0.2) is 24.4 Å². The Kier molecular flexibility index (Phi) is 4.66. The van der Waals surface area contributed by atoms with Gasteiger partial charge in [-0.2, -0.15) is 0 Å². The van der Waals surface area contributed by atoms with E-state index in [9.17, 15) is 9.59 Å². The van der Waals surface area contributed by atoms with E-state index in [1.807, 2.05) is 34.2 Å². The Balaban J connectivity index is 1.67. The third-order valence-corrected chi connectivity index (χ3v) is 5.66. The van der Waals surface area contributed by atoms with Crippen molar-refractivity contribution in [3.8, 4) is 0 Å². The van der Waals surface area contributed by atoms with Crippen molar-refractivity contribution in [3.63, 3.8) is 0 Å². The molecular formula is C20H26N4O2. The molecule has 0 spiro atoms. The molecule has 0 radical (unpaired) electrons. The molecule has 2 aliphatic heterocycles. The van der Waals surface area contributed by atoms with E-state index < -0.39 is 0 Å². The zero-order valence-corrected chi connectivity index (χ0v) is 15.4. The van der Waals surface area contributed by atoms with Crippen molar-refractivity contribution in [2.24, 2.45) is 5.92 Å². The van der Waals surface area contributed by atoms with Crippen molar-refractivity contribution in [1.29, 1.82) is 0 Å². The van der Waals surface area contributed by atoms with E-state index in [0.29, 0.717) is 17.4 Å². The summed E-state index contributed by atoms with van der Waals surface area (Å²) in [5.74, 6) is 0.887. The number of piperidine rings is 2. The van der Waals surface area contributed by atoms with E-state index in [4.69, 9.17) is 0 Å². The Bertz CT molecular complexity index is 814. The van der Waals surface area contributed by atoms with Crippen LogP contribution >= 0.6 is 0 Å². The quantitative estimate of drug-likeness (QED) is 0.833. The van der Waals surface area contributed by atoms with Gasteiger partial charge >= 0.3 is 0 Å². The standard InChI is InChI=1S/C20H26N4O2/c1-15-8-13-23(14-9-15)20(26)18-21-17(16-7-3-6-12-24(16)18)19(25)22-10-4-2-5-11-22/h3,6-7,12,15H,2,4-5,8-11,13-14H2,1H3. The average Bonchev–Trinajstić information content (AvgIpc) is 3.08. The normalized spacial score (nSPS) is 19.1. The Morgan fingerprint density at radius 3 is 2.38 bits per heavy atom. The number of hydrogen-bond acceptors (Lipinski definition) is 3. The van der Waals surface area contributed by atoms with Crippen molar-refractivity contribution in [2.45, 2.75) is 39.0 Å². The van der Waals surface area contributed by atoms with Gasteiger partial charge in [0, 0.05) is 32.4 Å². The summed E-state index contributed by atoms with van der Waals surface area (Å²) in [7, 11) is 0. The van der Waals surface area contributed by atoms with Gasteiger partial charge in [-0.1, -0.05) is 13.0 Å². The molecule has 4 rings (SSSR count). The molecule has 2 aromatic heterocycles. The van der Waals surface area contributed by atoms with Crippen LogP contribution in [0.1, 0.15) is 60.1 Å². The smallest absolute Gasteiger partial charge is 0.290 e. The van der Waals surface area contributed by atoms with Crippen LogP contribution in [0.5, 0.6) is 0 Å². The highest BCUT2D eigenvalue weighted by atomic mass is 16.2. The zero-order valence-electron chi connectivity index (χ0n) is 15.4. The first-order chi connectivity index (χ1) is 12.6. The summed E-state index contributed by atoms with van der Waals surface area (Å²) in [5, 5.41) is 0. The summed E-state index contributed by atoms with van der Waals surface area (Å²) in [6.45, 7) is 5.30. The fourth-order valence-corrected chi connectivity index (χ4v) is 3.95. The summed E-state index contributed by atoms with van der Waals surface area (Å²) < 4.78 is 1.78. The van der Waals surface area contributed by atoms with Crippen LogP contribution in [-0.4, -0.2) is 57.2 Å². The third-order valence-electron chi connectivity index (χ3n) is 5.66. The van der Waals surface area contributed by atoms with Crippen LogP contribution < -0.4 is 0 Å². The SMILES string of the molecule is CC1CCN(C(=O)c2nc(C(=O)N3CCCCC3)c3ccccn23)CC1. The van der Waals surface area contributed by atoms with E-state index in [-0.39, 0.29) is 11.8 Å². The van der Waals surface area contributed by atoms with E-state index in [1.54, 1.807) is 4.40 Å². The van der Waals surface area contributed by atoms with Gasteiger partial charge in [0.15, 0.2) is 5.69 Å². The zero-order chi connectivity index (χ0) is 18.1. The number of aromatic nitrogens is 2. The lowest BCUT2D eigenvalue weighted by molar-refractivity contribution is 0.0683. The Labute approximate surface area is 153 Å². The van der Waals surface area contributed by atoms with Crippen molar-refractivity contribution in [2.75, 3.05) is 26.2 Å². The van der Waals surface area contributed by atoms with E-state index in [2.05, 4.69) is 11.9 Å². The van der Waals surface area contributed by atoms with E-state index in [1.165, 1.54) is 6.42 Å². The van der Waals surface area contributed by atoms with E-state index >= 15 is 0 Å². The number of nitrogens with zero attached hydrogens (tertiary/aromatic N) is 4. The fraction of sp³-hybridized carbons (Fsp3) is 0.550. The largest absolute Gasteiger partial charge is 0.337 e. The molecule has 0 atom stereocenters. The van der Waals surface area contributed by atoms with Crippen molar-refractivity contribution in [1.82, 2.24) is 19.2 Å². The summed E-state index contributed by atoms with van der Waals surface area (Å²) in [5.41, 5.74) is 1.12. The summed E-state index contributed by atoms with van der Waals surface area (Å²) >= 11 is 0. The molecule has 2 saturated heterocycles. The molecule has 26 heavy (non-hydrogen) atoms. The van der Waals surface area contributed by atoms with Gasteiger partial charge in [0.2, 0.25) is 5.82 Å². The molecule has 2 amide bonds. The van der Waals surface area contributed by atoms with Gasteiger partial charge in [-0.05, 0) is 50.2 Å². The summed E-state index contributed by atoms with van der Waals surface area (Å²) in [6, 6.07) is 5.64.